The number of rotatable bonds is 11. The largest absolute Gasteiger partial charge is 2.00 e. The molecule has 0 saturated carbocycles. The Morgan fingerprint density at radius 3 is 1.21 bits per heavy atom. The Balaban J connectivity index is -0.000000173. The molecule has 0 aromatic carbocycles. The van der Waals surface area contributed by atoms with E-state index in [2.05, 4.69) is 69.4 Å². The molecule has 42 heavy (non-hydrogen) atoms. The number of nitrogens with zero attached hydrogens (tertiary/aromatic N) is 9. The quantitative estimate of drug-likeness (QED) is 0.107. The summed E-state index contributed by atoms with van der Waals surface area (Å²) in [5.41, 5.74) is 4.28. The van der Waals surface area contributed by atoms with E-state index in [1.165, 1.54) is 11.4 Å². The molecule has 0 bridgehead atoms. The Morgan fingerprint density at radius 2 is 0.976 bits per heavy atom. The number of hydrogen-bond donors (Lipinski definition) is 0. The molecule has 2 radical (unpaired) electrons. The van der Waals surface area contributed by atoms with Gasteiger partial charge in [-0.3, -0.25) is 19.3 Å². The number of aliphatic imine (C=N–C) groups is 2. The molecule has 3 N–H and O–H groups in total. The maximum atomic E-state index is 8.25. The van der Waals surface area contributed by atoms with Crippen LogP contribution in [-0.4, -0.2) is 71.3 Å². The smallest absolute Gasteiger partial charge is 0.870 e. The van der Waals surface area contributed by atoms with Gasteiger partial charge < -0.3 is 56.9 Å². The first-order valence-electron chi connectivity index (χ1n) is 11.4. The first-order chi connectivity index (χ1) is 17.8. The molecule has 0 amide bonds. The third kappa shape index (κ3) is 32.5. The molecule has 248 valence electrons. The van der Waals surface area contributed by atoms with Crippen LogP contribution in [0.15, 0.2) is 22.1 Å². The van der Waals surface area contributed by atoms with Crippen LogP contribution in [0.5, 0.6) is 0 Å². The van der Waals surface area contributed by atoms with Gasteiger partial charge in [0, 0.05) is 50.0 Å². The van der Waals surface area contributed by atoms with E-state index < -0.39 is 15.3 Å². The molecule has 20 nitrogen and oxygen atoms in total. The van der Waals surface area contributed by atoms with Crippen LogP contribution in [0.4, 0.5) is 0 Å². The van der Waals surface area contributed by atoms with Gasteiger partial charge in [-0.1, -0.05) is 13.8 Å². The van der Waals surface area contributed by atoms with Gasteiger partial charge in [0.05, 0.1) is 15.3 Å². The van der Waals surface area contributed by atoms with Crippen molar-refractivity contribution >= 4 is 12.4 Å². The van der Waals surface area contributed by atoms with E-state index >= 15 is 0 Å². The molecule has 0 aliphatic heterocycles. The minimum atomic E-state index is -1.75. The first-order valence-corrected chi connectivity index (χ1v) is 11.4. The fraction of sp³-hybridized carbons (Fsp3) is 0.600. The van der Waals surface area contributed by atoms with E-state index in [0.717, 1.165) is 63.3 Å². The molecule has 2 rings (SSSR count). The van der Waals surface area contributed by atoms with E-state index in [9.17, 15) is 0 Å². The standard InChI is InChI=1S/C20H32N6.2Cu.3NO3.2H2O/c1-5-9-21-15-19-13-17(3)25(23-19)11-7-8-12-26-18(4)14-20(24-26)16-22-10-6-2;;;3*2-1(3)4;;/h13-16H,5-12H2,1-4H3;;;;;;2*1H2/q;2*+2;3*-1;;/p-1. The van der Waals surface area contributed by atoms with Crippen LogP contribution in [0.2, 0.25) is 0 Å². The summed E-state index contributed by atoms with van der Waals surface area (Å²) >= 11 is 0. The second kappa shape index (κ2) is 31.8. The third-order valence-corrected chi connectivity index (χ3v) is 4.14. The summed E-state index contributed by atoms with van der Waals surface area (Å²) in [4.78, 5) is 33.5. The predicted octanol–water partition coefficient (Wildman–Crippen LogP) is 2.11. The Kier molecular flexibility index (Phi) is 38.7. The van der Waals surface area contributed by atoms with Crippen LogP contribution >= 0.6 is 0 Å². The van der Waals surface area contributed by atoms with E-state index in [0.29, 0.717) is 0 Å². The molecule has 0 saturated heterocycles. The zero-order chi connectivity index (χ0) is 29.5. The van der Waals surface area contributed by atoms with Crippen LogP contribution in [-0.2, 0) is 47.2 Å². The second-order valence-corrected chi connectivity index (χ2v) is 7.32. The van der Waals surface area contributed by atoms with Crippen molar-refractivity contribution in [1.29, 1.82) is 0 Å². The summed E-state index contributed by atoms with van der Waals surface area (Å²) in [6, 6.07) is 4.19. The van der Waals surface area contributed by atoms with Crippen molar-refractivity contribution in [3.05, 3.63) is 80.9 Å². The molecule has 0 unspecified atom stereocenters. The van der Waals surface area contributed by atoms with Gasteiger partial charge in [0.15, 0.2) is 0 Å². The maximum Gasteiger partial charge on any atom is 2.00 e. The number of aromatic nitrogens is 4. The molecule has 0 atom stereocenters. The molecule has 0 fully saturated rings. The van der Waals surface area contributed by atoms with Crippen LogP contribution in [0, 0.1) is 59.8 Å². The van der Waals surface area contributed by atoms with Crippen molar-refractivity contribution in [3.8, 4) is 0 Å². The Bertz CT molecular complexity index is 933. The molecule has 2 aromatic rings. The molecular formula is C20H35Cu2N9O11. The third-order valence-electron chi connectivity index (χ3n) is 4.14. The summed E-state index contributed by atoms with van der Waals surface area (Å²) in [5.74, 6) is 0. The van der Waals surface area contributed by atoms with Gasteiger partial charge in [0.2, 0.25) is 0 Å². The van der Waals surface area contributed by atoms with Gasteiger partial charge in [-0.2, -0.15) is 10.2 Å². The normalized spacial score (nSPS) is 9.14. The van der Waals surface area contributed by atoms with Crippen molar-refractivity contribution in [3.63, 3.8) is 0 Å². The SMILES string of the molecule is CCCN=Cc1cc(C)n(CCCCn2nc(C=NCCC)cc2C)n1.O.O=[N+]([O-])[O-].O=[N+]([O-])[O-].O=[N+]([O-])[O-].[Cu+2].[Cu+2].[OH-]. The van der Waals surface area contributed by atoms with Gasteiger partial charge >= 0.3 is 34.1 Å². The number of aryl methyl sites for hydroxylation is 4. The topological polar surface area (TPSA) is 320 Å². The van der Waals surface area contributed by atoms with E-state index in [1.54, 1.807) is 0 Å². The van der Waals surface area contributed by atoms with E-state index in [-0.39, 0.29) is 45.1 Å². The molecule has 0 aliphatic rings. The van der Waals surface area contributed by atoms with Crippen molar-refractivity contribution in [2.24, 2.45) is 9.98 Å². The molecule has 0 aliphatic carbocycles. The monoisotopic (exact) mass is 703 g/mol. The maximum absolute atomic E-state index is 8.25. The second-order valence-electron chi connectivity index (χ2n) is 7.32. The molecular weight excluding hydrogens is 669 g/mol. The first kappa shape index (κ1) is 51.1. The van der Waals surface area contributed by atoms with Crippen molar-refractivity contribution in [2.45, 2.75) is 66.5 Å². The predicted molar refractivity (Wildman–Crippen MR) is 145 cm³/mol. The average Bonchev–Trinajstić information content (AvgIpc) is 3.32. The summed E-state index contributed by atoms with van der Waals surface area (Å²) in [7, 11) is 0. The van der Waals surface area contributed by atoms with Crippen LogP contribution in [0.3, 0.4) is 0 Å². The van der Waals surface area contributed by atoms with E-state index in [4.69, 9.17) is 46.0 Å². The molecule has 0 spiro atoms. The van der Waals surface area contributed by atoms with Crippen molar-refractivity contribution in [1.82, 2.24) is 19.6 Å². The van der Waals surface area contributed by atoms with E-state index in [1.807, 2.05) is 12.4 Å². The summed E-state index contributed by atoms with van der Waals surface area (Å²) < 4.78 is 4.15. The Labute approximate surface area is 262 Å². The van der Waals surface area contributed by atoms with Crippen molar-refractivity contribution in [2.75, 3.05) is 13.1 Å². The fourth-order valence-corrected chi connectivity index (χ4v) is 2.75. The Hall–Kier alpha value is -3.68. The molecule has 2 heterocycles. The molecule has 2 aromatic heterocycles. The number of unbranched alkanes of at least 4 members (excludes halogenated alkanes) is 1. The van der Waals surface area contributed by atoms with Crippen molar-refractivity contribution < 1.29 is 60.3 Å². The minimum absolute atomic E-state index is 0. The zero-order valence-electron chi connectivity index (χ0n) is 23.2. The van der Waals surface area contributed by atoms with Gasteiger partial charge in [-0.15, -0.1) is 0 Å². The van der Waals surface area contributed by atoms with Gasteiger partial charge in [-0.05, 0) is 51.7 Å². The van der Waals surface area contributed by atoms with Crippen LogP contribution < -0.4 is 0 Å². The van der Waals surface area contributed by atoms with Crippen LogP contribution in [0.1, 0.15) is 62.3 Å². The number of hydrogen-bond acceptors (Lipinski definition) is 14. The summed E-state index contributed by atoms with van der Waals surface area (Å²) in [5, 5.41) is 53.5. The summed E-state index contributed by atoms with van der Waals surface area (Å²) in [6.45, 7) is 12.0. The minimum Gasteiger partial charge on any atom is -0.870 e. The average molecular weight is 705 g/mol. The van der Waals surface area contributed by atoms with Gasteiger partial charge in [-0.25, -0.2) is 0 Å². The fourth-order valence-electron chi connectivity index (χ4n) is 2.75. The summed E-state index contributed by atoms with van der Waals surface area (Å²) in [6.07, 6.45) is 8.03. The Morgan fingerprint density at radius 1 is 0.714 bits per heavy atom. The zero-order valence-corrected chi connectivity index (χ0v) is 25.1. The van der Waals surface area contributed by atoms with Crippen LogP contribution in [0.25, 0.3) is 0 Å². The van der Waals surface area contributed by atoms with Gasteiger partial charge in [0.25, 0.3) is 0 Å². The van der Waals surface area contributed by atoms with Gasteiger partial charge in [0.1, 0.15) is 11.4 Å². The molecule has 22 heteroatoms.